The predicted octanol–water partition coefficient (Wildman–Crippen LogP) is 0.397. The summed E-state index contributed by atoms with van der Waals surface area (Å²) in [6.07, 6.45) is 0. The largest absolute Gasteiger partial charge is 0.477 e. The maximum Gasteiger partial charge on any atom is 0.345 e. The lowest BCUT2D eigenvalue weighted by molar-refractivity contribution is -0.132. The zero-order valence-corrected chi connectivity index (χ0v) is 3.51. The molecule has 0 bridgehead atoms. The highest BCUT2D eigenvalue weighted by molar-refractivity contribution is 5.90. The Morgan fingerprint density at radius 3 is 2.43 bits per heavy atom. The van der Waals surface area contributed by atoms with E-state index >= 15 is 0 Å². The van der Waals surface area contributed by atoms with Gasteiger partial charge in [0, 0.05) is 1.43 Å². The van der Waals surface area contributed by atoms with Crippen LogP contribution in [0.4, 0.5) is 0 Å². The van der Waals surface area contributed by atoms with E-state index < -0.39 is 11.5 Å². The van der Waals surface area contributed by atoms with Crippen LogP contribution in [0, 0.1) is 11.3 Å². The van der Waals surface area contributed by atoms with Gasteiger partial charge in [0.2, 0.25) is 0 Å². The van der Waals surface area contributed by atoms with Crippen LogP contribution in [0.2, 0.25) is 0 Å². The van der Waals surface area contributed by atoms with Gasteiger partial charge in [-0.1, -0.05) is 6.58 Å². The molecule has 0 aliphatic heterocycles. The monoisotopic (exact) mass is 99.0 g/mol. The van der Waals surface area contributed by atoms with E-state index in [1.165, 1.54) is 6.07 Å². The molecule has 0 saturated heterocycles. The summed E-state index contributed by atoms with van der Waals surface area (Å²) >= 11 is 0. The third-order valence-electron chi connectivity index (χ3n) is 0.393. The van der Waals surface area contributed by atoms with Gasteiger partial charge in [-0.25, -0.2) is 4.79 Å². The number of aliphatic carboxylic acids is 1. The lowest BCUT2D eigenvalue weighted by atomic mass is 10.4. The number of carboxylic acid groups (broad SMARTS) is 1. The molecule has 0 amide bonds. The fourth-order valence-corrected chi connectivity index (χ4v) is 0.0478. The number of carboxylic acids is 1. The Labute approximate surface area is 42.0 Å². The molecule has 0 aliphatic carbocycles. The summed E-state index contributed by atoms with van der Waals surface area (Å²) in [6, 6.07) is 1.37. The average molecular weight is 99.1 g/mol. The smallest absolute Gasteiger partial charge is 0.345 e. The van der Waals surface area contributed by atoms with Crippen LogP contribution in [0.15, 0.2) is 12.2 Å². The number of rotatable bonds is 1. The molecule has 0 aromatic rings. The minimum atomic E-state index is -1.26. The number of hydrogen-bond acceptors (Lipinski definition) is 2. The second kappa shape index (κ2) is 1.98. The molecule has 0 aromatic heterocycles. The van der Waals surface area contributed by atoms with Crippen LogP contribution in [0.1, 0.15) is 1.43 Å². The van der Waals surface area contributed by atoms with Crippen LogP contribution in [-0.2, 0) is 4.79 Å². The van der Waals surface area contributed by atoms with Gasteiger partial charge < -0.3 is 5.11 Å². The molecule has 0 saturated carbocycles. The first-order chi connectivity index (χ1) is 3.18. The van der Waals surface area contributed by atoms with E-state index in [4.69, 9.17) is 10.4 Å². The zero-order chi connectivity index (χ0) is 5.86. The van der Waals surface area contributed by atoms with Crippen molar-refractivity contribution in [3.63, 3.8) is 0 Å². The highest BCUT2D eigenvalue weighted by atomic mass is 16.4. The van der Waals surface area contributed by atoms with Crippen molar-refractivity contribution in [1.82, 2.24) is 0 Å². The average Bonchev–Trinajstić information content (AvgIpc) is 1.65. The van der Waals surface area contributed by atoms with Gasteiger partial charge in [-0.15, -0.1) is 0 Å². The molecule has 0 spiro atoms. The van der Waals surface area contributed by atoms with Gasteiger partial charge in [0.05, 0.1) is 0 Å². The third kappa shape index (κ3) is 1.55. The van der Waals surface area contributed by atoms with E-state index in [1.807, 2.05) is 0 Å². The van der Waals surface area contributed by atoms with Crippen molar-refractivity contribution in [3.05, 3.63) is 12.2 Å². The number of carbonyl (C=O) groups is 1. The first kappa shape index (κ1) is 5.70. The summed E-state index contributed by atoms with van der Waals surface area (Å²) in [6.45, 7) is 2.91. The molecule has 0 radical (unpaired) electrons. The maximum atomic E-state index is 9.61. The molecule has 0 atom stereocenters. The minimum absolute atomic E-state index is 0. The summed E-state index contributed by atoms with van der Waals surface area (Å²) in [7, 11) is 0. The van der Waals surface area contributed by atoms with E-state index in [0.717, 1.165) is 0 Å². The van der Waals surface area contributed by atoms with Crippen molar-refractivity contribution in [3.8, 4) is 6.07 Å². The molecule has 7 heavy (non-hydrogen) atoms. The molecule has 3 nitrogen and oxygen atoms in total. The number of nitrogens with zero attached hydrogens (tertiary/aromatic N) is 1. The van der Waals surface area contributed by atoms with Crippen LogP contribution in [0.5, 0.6) is 0 Å². The number of nitriles is 1. The Bertz CT molecular complexity index is 147. The Hall–Kier alpha value is -1.30. The molecular weight excluding hydrogens is 94.0 g/mol. The molecular formula is C4H5NO2. The summed E-state index contributed by atoms with van der Waals surface area (Å²) in [5.74, 6) is -1.26. The van der Waals surface area contributed by atoms with Gasteiger partial charge in [-0.2, -0.15) is 5.26 Å². The van der Waals surface area contributed by atoms with Crippen molar-refractivity contribution >= 4 is 5.97 Å². The fraction of sp³-hybridized carbons (Fsp3) is 0. The lowest BCUT2D eigenvalue weighted by Crippen LogP contribution is -1.94. The molecule has 38 valence electrons. The molecule has 0 rings (SSSR count). The molecule has 0 aromatic carbocycles. The molecule has 0 aliphatic rings. The summed E-state index contributed by atoms with van der Waals surface area (Å²) in [4.78, 5) is 9.61. The third-order valence-corrected chi connectivity index (χ3v) is 0.393. The maximum absolute atomic E-state index is 9.61. The van der Waals surface area contributed by atoms with Crippen molar-refractivity contribution in [1.29, 1.82) is 5.26 Å². The second-order valence-electron chi connectivity index (χ2n) is 0.896. The Morgan fingerprint density at radius 1 is 2.00 bits per heavy atom. The Kier molecular flexibility index (Phi) is 1.61. The van der Waals surface area contributed by atoms with Gasteiger partial charge in [0.1, 0.15) is 11.6 Å². The van der Waals surface area contributed by atoms with E-state index in [0.29, 0.717) is 0 Å². The molecule has 1 N–H and O–H groups in total. The van der Waals surface area contributed by atoms with Crippen LogP contribution < -0.4 is 0 Å². The van der Waals surface area contributed by atoms with Gasteiger partial charge >= 0.3 is 5.97 Å². The minimum Gasteiger partial charge on any atom is -0.477 e. The molecule has 0 unspecified atom stereocenters. The van der Waals surface area contributed by atoms with E-state index in [1.54, 1.807) is 0 Å². The Balaban J connectivity index is 0. The molecule has 0 heterocycles. The van der Waals surface area contributed by atoms with Crippen LogP contribution in [0.3, 0.4) is 0 Å². The highest BCUT2D eigenvalue weighted by Crippen LogP contribution is 1.81. The SMILES string of the molecule is C=C(C#N)C(=O)O.[HH]. The van der Waals surface area contributed by atoms with E-state index in [2.05, 4.69) is 6.58 Å². The topological polar surface area (TPSA) is 61.1 Å². The van der Waals surface area contributed by atoms with Crippen molar-refractivity contribution in [2.24, 2.45) is 0 Å². The zero-order valence-electron chi connectivity index (χ0n) is 3.51. The van der Waals surface area contributed by atoms with Crippen molar-refractivity contribution < 1.29 is 11.3 Å². The molecule has 3 heteroatoms. The molecule has 0 fully saturated rings. The first-order valence-electron chi connectivity index (χ1n) is 1.50. The van der Waals surface area contributed by atoms with Crippen LogP contribution in [-0.4, -0.2) is 11.1 Å². The number of hydrogen-bond donors (Lipinski definition) is 1. The standard InChI is InChI=1S/C4H3NO2.H2/c1-3(2-5)4(6)7;/h1H2,(H,6,7);1H. The van der Waals surface area contributed by atoms with E-state index in [-0.39, 0.29) is 1.43 Å². The van der Waals surface area contributed by atoms with Crippen LogP contribution >= 0.6 is 0 Å². The summed E-state index contributed by atoms with van der Waals surface area (Å²) < 4.78 is 0. The fourth-order valence-electron chi connectivity index (χ4n) is 0.0478. The van der Waals surface area contributed by atoms with Gasteiger partial charge in [0.15, 0.2) is 0 Å². The van der Waals surface area contributed by atoms with Crippen molar-refractivity contribution in [2.45, 2.75) is 0 Å². The predicted molar refractivity (Wildman–Crippen MR) is 24.5 cm³/mol. The van der Waals surface area contributed by atoms with Gasteiger partial charge in [-0.3, -0.25) is 0 Å². The Morgan fingerprint density at radius 2 is 2.43 bits per heavy atom. The highest BCUT2D eigenvalue weighted by Gasteiger charge is 1.97. The summed E-state index contributed by atoms with van der Waals surface area (Å²) in [5, 5.41) is 15.6. The van der Waals surface area contributed by atoms with Crippen molar-refractivity contribution in [2.75, 3.05) is 0 Å². The van der Waals surface area contributed by atoms with Gasteiger partial charge in [-0.05, 0) is 0 Å². The first-order valence-corrected chi connectivity index (χ1v) is 1.50. The van der Waals surface area contributed by atoms with Crippen LogP contribution in [0.25, 0.3) is 0 Å². The summed E-state index contributed by atoms with van der Waals surface area (Å²) in [5.41, 5.74) is -0.431. The lowest BCUT2D eigenvalue weighted by Gasteiger charge is -1.76. The normalized spacial score (nSPS) is 6.71. The second-order valence-corrected chi connectivity index (χ2v) is 0.896. The van der Waals surface area contributed by atoms with E-state index in [9.17, 15) is 4.79 Å². The quantitative estimate of drug-likeness (QED) is 0.382. The van der Waals surface area contributed by atoms with Gasteiger partial charge in [0.25, 0.3) is 0 Å².